The minimum Gasteiger partial charge on any atom is -0.497 e. The summed E-state index contributed by atoms with van der Waals surface area (Å²) in [6.07, 6.45) is 0.359. The molecule has 3 rings (SSSR count). The van der Waals surface area contributed by atoms with Gasteiger partial charge in [-0.1, -0.05) is 41.9 Å². The van der Waals surface area contributed by atoms with E-state index in [1.165, 1.54) is 0 Å². The molecule has 1 atom stereocenters. The van der Waals surface area contributed by atoms with Crippen molar-refractivity contribution >= 4 is 17.5 Å². The van der Waals surface area contributed by atoms with E-state index in [0.717, 1.165) is 23.4 Å². The number of benzene rings is 2. The third-order valence-corrected chi connectivity index (χ3v) is 4.66. The molecule has 0 aromatic heterocycles. The zero-order chi connectivity index (χ0) is 16.9. The Hall–Kier alpha value is -2.04. The van der Waals surface area contributed by atoms with Gasteiger partial charge in [0.2, 0.25) is 5.91 Å². The van der Waals surface area contributed by atoms with Crippen LogP contribution in [-0.2, 0) is 11.2 Å². The molecular formula is C19H21ClN2O2. The van der Waals surface area contributed by atoms with Gasteiger partial charge in [-0.3, -0.25) is 4.79 Å². The quantitative estimate of drug-likeness (QED) is 0.926. The second kappa shape index (κ2) is 7.69. The zero-order valence-electron chi connectivity index (χ0n) is 13.7. The molecule has 1 N–H and O–H groups in total. The van der Waals surface area contributed by atoms with Gasteiger partial charge in [0.25, 0.3) is 0 Å². The van der Waals surface area contributed by atoms with E-state index < -0.39 is 0 Å². The van der Waals surface area contributed by atoms with Crippen LogP contribution < -0.4 is 10.1 Å². The first-order valence-electron chi connectivity index (χ1n) is 8.06. The molecule has 1 saturated heterocycles. The Morgan fingerprint density at radius 3 is 2.92 bits per heavy atom. The van der Waals surface area contributed by atoms with Crippen molar-refractivity contribution in [1.82, 2.24) is 10.2 Å². The first-order valence-corrected chi connectivity index (χ1v) is 8.44. The second-order valence-electron chi connectivity index (χ2n) is 5.86. The Balaban J connectivity index is 1.80. The lowest BCUT2D eigenvalue weighted by molar-refractivity contribution is -0.133. The summed E-state index contributed by atoms with van der Waals surface area (Å²) in [6.45, 7) is 2.19. The van der Waals surface area contributed by atoms with E-state index in [1.54, 1.807) is 7.11 Å². The van der Waals surface area contributed by atoms with Crippen LogP contribution in [0.3, 0.4) is 0 Å². The Bertz CT molecular complexity index is 720. The monoisotopic (exact) mass is 344 g/mol. The molecule has 1 unspecified atom stereocenters. The zero-order valence-corrected chi connectivity index (χ0v) is 14.4. The molecule has 4 nitrogen and oxygen atoms in total. The van der Waals surface area contributed by atoms with E-state index >= 15 is 0 Å². The molecule has 0 bridgehead atoms. The number of hydrogen-bond donors (Lipinski definition) is 1. The summed E-state index contributed by atoms with van der Waals surface area (Å²) in [5, 5.41) is 4.05. The lowest BCUT2D eigenvalue weighted by atomic mass is 10.0. The van der Waals surface area contributed by atoms with Crippen molar-refractivity contribution in [1.29, 1.82) is 0 Å². The van der Waals surface area contributed by atoms with Crippen molar-refractivity contribution in [2.45, 2.75) is 12.5 Å². The molecule has 0 spiro atoms. The van der Waals surface area contributed by atoms with Gasteiger partial charge in [0.1, 0.15) is 5.75 Å². The number of methoxy groups -OCH3 is 1. The number of nitrogens with zero attached hydrogens (tertiary/aromatic N) is 1. The van der Waals surface area contributed by atoms with E-state index in [1.807, 2.05) is 53.4 Å². The first kappa shape index (κ1) is 16.8. The highest BCUT2D eigenvalue weighted by Gasteiger charge is 2.29. The van der Waals surface area contributed by atoms with Crippen LogP contribution in [0.5, 0.6) is 5.75 Å². The molecule has 0 aliphatic carbocycles. The summed E-state index contributed by atoms with van der Waals surface area (Å²) in [6, 6.07) is 15.3. The molecule has 1 aliphatic rings. The summed E-state index contributed by atoms with van der Waals surface area (Å²) in [7, 11) is 1.63. The molecule has 126 valence electrons. The highest BCUT2D eigenvalue weighted by atomic mass is 35.5. The molecule has 0 radical (unpaired) electrons. The highest BCUT2D eigenvalue weighted by molar-refractivity contribution is 6.31. The molecule has 1 aliphatic heterocycles. The van der Waals surface area contributed by atoms with E-state index in [4.69, 9.17) is 16.3 Å². The number of piperazine rings is 1. The van der Waals surface area contributed by atoms with Crippen LogP contribution in [0.4, 0.5) is 0 Å². The van der Waals surface area contributed by atoms with E-state index in [9.17, 15) is 4.79 Å². The molecule has 2 aromatic rings. The van der Waals surface area contributed by atoms with Crippen LogP contribution >= 0.6 is 11.6 Å². The third kappa shape index (κ3) is 3.71. The number of carbonyl (C=O) groups excluding carboxylic acids is 1. The SMILES string of the molecule is COc1cccc(CC(=O)N2CCNCC2c2ccccc2Cl)c1. The van der Waals surface area contributed by atoms with Crippen LogP contribution in [0.15, 0.2) is 48.5 Å². The van der Waals surface area contributed by atoms with Gasteiger partial charge < -0.3 is 15.0 Å². The highest BCUT2D eigenvalue weighted by Crippen LogP contribution is 2.29. The van der Waals surface area contributed by atoms with Gasteiger partial charge >= 0.3 is 0 Å². The van der Waals surface area contributed by atoms with Crippen molar-refractivity contribution < 1.29 is 9.53 Å². The lowest BCUT2D eigenvalue weighted by Crippen LogP contribution is -2.49. The van der Waals surface area contributed by atoms with Crippen molar-refractivity contribution in [3.05, 3.63) is 64.7 Å². The fourth-order valence-corrected chi connectivity index (χ4v) is 3.35. The number of amides is 1. The van der Waals surface area contributed by atoms with Crippen molar-refractivity contribution in [2.75, 3.05) is 26.7 Å². The summed E-state index contributed by atoms with van der Waals surface area (Å²) < 4.78 is 5.24. The van der Waals surface area contributed by atoms with Gasteiger partial charge in [0.15, 0.2) is 0 Å². The van der Waals surface area contributed by atoms with Crippen molar-refractivity contribution in [2.24, 2.45) is 0 Å². The predicted molar refractivity (Wildman–Crippen MR) is 95.5 cm³/mol. The van der Waals surface area contributed by atoms with Crippen LogP contribution in [-0.4, -0.2) is 37.6 Å². The fourth-order valence-electron chi connectivity index (χ4n) is 3.08. The Morgan fingerprint density at radius 1 is 1.29 bits per heavy atom. The van der Waals surface area contributed by atoms with Gasteiger partial charge in [-0.15, -0.1) is 0 Å². The van der Waals surface area contributed by atoms with Gasteiger partial charge in [-0.25, -0.2) is 0 Å². The molecule has 1 amide bonds. The maximum atomic E-state index is 12.9. The number of rotatable bonds is 4. The van der Waals surface area contributed by atoms with Gasteiger partial charge in [0, 0.05) is 24.7 Å². The molecule has 1 heterocycles. The Kier molecular flexibility index (Phi) is 5.38. The molecule has 2 aromatic carbocycles. The number of carbonyl (C=O) groups is 1. The summed E-state index contributed by atoms with van der Waals surface area (Å²) in [5.74, 6) is 0.873. The summed E-state index contributed by atoms with van der Waals surface area (Å²) >= 11 is 6.35. The second-order valence-corrected chi connectivity index (χ2v) is 6.26. The van der Waals surface area contributed by atoms with E-state index in [-0.39, 0.29) is 11.9 Å². The lowest BCUT2D eigenvalue weighted by Gasteiger charge is -2.37. The molecule has 1 fully saturated rings. The minimum absolute atomic E-state index is 0.0365. The first-order chi connectivity index (χ1) is 11.7. The van der Waals surface area contributed by atoms with E-state index in [2.05, 4.69) is 5.32 Å². The maximum absolute atomic E-state index is 12.9. The standard InChI is InChI=1S/C19H21ClN2O2/c1-24-15-6-4-5-14(11-15)12-19(23)22-10-9-21-13-18(22)16-7-2-3-8-17(16)20/h2-8,11,18,21H,9-10,12-13H2,1H3. The smallest absolute Gasteiger partial charge is 0.227 e. The number of halogens is 1. The van der Waals surface area contributed by atoms with Crippen molar-refractivity contribution in [3.63, 3.8) is 0 Å². The average Bonchev–Trinajstić information content (AvgIpc) is 2.62. The third-order valence-electron chi connectivity index (χ3n) is 4.32. The summed E-state index contributed by atoms with van der Waals surface area (Å²) in [5.41, 5.74) is 1.95. The van der Waals surface area contributed by atoms with Crippen LogP contribution in [0.1, 0.15) is 17.2 Å². The Morgan fingerprint density at radius 2 is 2.12 bits per heavy atom. The van der Waals surface area contributed by atoms with Gasteiger partial charge in [-0.05, 0) is 29.3 Å². The van der Waals surface area contributed by atoms with Gasteiger partial charge in [0.05, 0.1) is 19.6 Å². The largest absolute Gasteiger partial charge is 0.497 e. The topological polar surface area (TPSA) is 41.6 Å². The van der Waals surface area contributed by atoms with Crippen molar-refractivity contribution in [3.8, 4) is 5.75 Å². The fraction of sp³-hybridized carbons (Fsp3) is 0.316. The summed E-state index contributed by atoms with van der Waals surface area (Å²) in [4.78, 5) is 14.8. The maximum Gasteiger partial charge on any atom is 0.227 e. The number of nitrogens with one attached hydrogen (secondary N) is 1. The predicted octanol–water partition coefficient (Wildman–Crippen LogP) is 3.06. The van der Waals surface area contributed by atoms with Crippen LogP contribution in [0.25, 0.3) is 0 Å². The minimum atomic E-state index is -0.0365. The Labute approximate surface area is 147 Å². The average molecular weight is 345 g/mol. The van der Waals surface area contributed by atoms with Gasteiger partial charge in [-0.2, -0.15) is 0 Å². The number of ether oxygens (including phenoxy) is 1. The van der Waals surface area contributed by atoms with Crippen LogP contribution in [0, 0.1) is 0 Å². The molecule has 5 heteroatoms. The number of hydrogen-bond acceptors (Lipinski definition) is 3. The molecule has 0 saturated carbocycles. The normalized spacial score (nSPS) is 17.6. The molecule has 24 heavy (non-hydrogen) atoms. The van der Waals surface area contributed by atoms with Crippen LogP contribution in [0.2, 0.25) is 5.02 Å². The molecular weight excluding hydrogens is 324 g/mol. The van der Waals surface area contributed by atoms with E-state index in [0.29, 0.717) is 24.5 Å².